The molecule has 0 aliphatic carbocycles. The summed E-state index contributed by atoms with van der Waals surface area (Å²) in [5, 5.41) is 0.203. The first-order valence-corrected chi connectivity index (χ1v) is 13.0. The molecule has 3 rings (SSSR count). The molecular weight excluding hydrogens is 580 g/mol. The topological polar surface area (TPSA) is 18.5 Å². The first kappa shape index (κ1) is 36.0. The maximum absolute atomic E-state index is 12.9. The molecule has 3 aromatic carbocycles. The number of ether oxygens (including phenoxy) is 2. The SMILES string of the molecule is CC(C)c1ccc(Cl)c(OC(F)F)c1.CC(C)c1ccc(F)c(C(F)F)c1.CC(C)c1ccc(F)c(OC(F)F)c1. The Morgan fingerprint density at radius 2 is 0.927 bits per heavy atom. The first-order chi connectivity index (χ1) is 19.0. The van der Waals surface area contributed by atoms with E-state index in [4.69, 9.17) is 11.6 Å². The molecule has 228 valence electrons. The van der Waals surface area contributed by atoms with E-state index in [9.17, 15) is 35.1 Å². The third-order valence-electron chi connectivity index (χ3n) is 5.60. The number of rotatable bonds is 8. The highest BCUT2D eigenvalue weighted by atomic mass is 35.5. The monoisotopic (exact) mass is 612 g/mol. The average molecular weight is 613 g/mol. The third-order valence-corrected chi connectivity index (χ3v) is 5.91. The molecule has 0 bridgehead atoms. The fourth-order valence-corrected chi connectivity index (χ4v) is 3.38. The van der Waals surface area contributed by atoms with Crippen molar-refractivity contribution >= 4 is 11.6 Å². The Hall–Kier alpha value is -3.01. The summed E-state index contributed by atoms with van der Waals surface area (Å²) in [6.45, 7) is 5.64. The fraction of sp³-hybridized carbons (Fsp3) is 0.400. The Bertz CT molecular complexity index is 1150. The van der Waals surface area contributed by atoms with Crippen molar-refractivity contribution in [3.8, 4) is 11.5 Å². The number of hydrogen-bond donors (Lipinski definition) is 0. The largest absolute Gasteiger partial charge is 0.433 e. The molecule has 41 heavy (non-hydrogen) atoms. The van der Waals surface area contributed by atoms with Crippen molar-refractivity contribution in [2.45, 2.75) is 78.9 Å². The molecule has 0 saturated carbocycles. The van der Waals surface area contributed by atoms with E-state index < -0.39 is 42.6 Å². The Morgan fingerprint density at radius 1 is 0.537 bits per heavy atom. The summed E-state index contributed by atoms with van der Waals surface area (Å²) in [5.41, 5.74) is 1.91. The highest BCUT2D eigenvalue weighted by molar-refractivity contribution is 6.32. The number of halogens is 9. The van der Waals surface area contributed by atoms with Crippen molar-refractivity contribution in [1.29, 1.82) is 0 Å². The van der Waals surface area contributed by atoms with Crippen LogP contribution in [0.3, 0.4) is 0 Å². The van der Waals surface area contributed by atoms with Crippen LogP contribution in [0.4, 0.5) is 35.1 Å². The van der Waals surface area contributed by atoms with Gasteiger partial charge in [-0.2, -0.15) is 17.6 Å². The Kier molecular flexibility index (Phi) is 15.0. The summed E-state index contributed by atoms with van der Waals surface area (Å²) in [6.07, 6.45) is -2.74. The van der Waals surface area contributed by atoms with Crippen molar-refractivity contribution < 1.29 is 44.6 Å². The van der Waals surface area contributed by atoms with Crippen LogP contribution in [0.25, 0.3) is 0 Å². The normalized spacial score (nSPS) is 11.1. The van der Waals surface area contributed by atoms with Crippen LogP contribution in [-0.2, 0) is 0 Å². The van der Waals surface area contributed by atoms with Gasteiger partial charge in [-0.1, -0.05) is 71.3 Å². The molecule has 0 amide bonds. The van der Waals surface area contributed by atoms with Crippen LogP contribution in [-0.4, -0.2) is 13.2 Å². The van der Waals surface area contributed by atoms with E-state index >= 15 is 0 Å². The Balaban J connectivity index is 0.000000308. The summed E-state index contributed by atoms with van der Waals surface area (Å²) in [7, 11) is 0. The predicted octanol–water partition coefficient (Wildman–Crippen LogP) is 11.5. The third kappa shape index (κ3) is 12.6. The maximum atomic E-state index is 12.9. The van der Waals surface area contributed by atoms with E-state index in [1.807, 2.05) is 41.5 Å². The van der Waals surface area contributed by atoms with E-state index in [-0.39, 0.29) is 28.5 Å². The zero-order valence-electron chi connectivity index (χ0n) is 23.4. The van der Waals surface area contributed by atoms with E-state index in [0.29, 0.717) is 0 Å². The summed E-state index contributed by atoms with van der Waals surface area (Å²) >= 11 is 5.69. The van der Waals surface area contributed by atoms with Gasteiger partial charge in [0.15, 0.2) is 11.6 Å². The molecule has 0 N–H and O–H groups in total. The molecule has 0 unspecified atom stereocenters. The van der Waals surface area contributed by atoms with Gasteiger partial charge in [0, 0.05) is 0 Å². The lowest BCUT2D eigenvalue weighted by atomic mass is 10.0. The molecule has 0 aromatic heterocycles. The molecule has 11 heteroatoms. The molecule has 0 heterocycles. The lowest BCUT2D eigenvalue weighted by Gasteiger charge is -2.10. The predicted molar refractivity (Wildman–Crippen MR) is 145 cm³/mol. The van der Waals surface area contributed by atoms with Crippen molar-refractivity contribution in [3.05, 3.63) is 93.5 Å². The van der Waals surface area contributed by atoms with E-state index in [2.05, 4.69) is 9.47 Å². The first-order valence-electron chi connectivity index (χ1n) is 12.6. The van der Waals surface area contributed by atoms with Crippen molar-refractivity contribution in [2.75, 3.05) is 0 Å². The van der Waals surface area contributed by atoms with Gasteiger partial charge in [-0.25, -0.2) is 17.6 Å². The van der Waals surface area contributed by atoms with E-state index in [1.165, 1.54) is 18.2 Å². The molecule has 0 atom stereocenters. The van der Waals surface area contributed by atoms with Crippen molar-refractivity contribution in [3.63, 3.8) is 0 Å². The standard InChI is InChI=1S/C10H11ClF2O.C10H11F3O.C10H11F3/c2*1-6(2)7-3-4-8(11)9(5-7)14-10(12)13;1-6(2)7-3-4-9(11)8(5-7)10(12)13/h2*3-6,10H,1-2H3;3-6,10H,1-2H3. The second kappa shape index (κ2) is 17.1. The Morgan fingerprint density at radius 3 is 1.37 bits per heavy atom. The van der Waals surface area contributed by atoms with Gasteiger partial charge in [-0.05, 0) is 70.8 Å². The van der Waals surface area contributed by atoms with Crippen LogP contribution in [0.1, 0.15) is 88.0 Å². The number of alkyl halides is 6. The van der Waals surface area contributed by atoms with Gasteiger partial charge in [-0.3, -0.25) is 0 Å². The molecule has 2 nitrogen and oxygen atoms in total. The van der Waals surface area contributed by atoms with E-state index in [1.54, 1.807) is 24.3 Å². The van der Waals surface area contributed by atoms with Crippen LogP contribution in [0.15, 0.2) is 54.6 Å². The highest BCUT2D eigenvalue weighted by Crippen LogP contribution is 2.30. The lowest BCUT2D eigenvalue weighted by molar-refractivity contribution is -0.0524. The second-order valence-corrected chi connectivity index (χ2v) is 10.1. The van der Waals surface area contributed by atoms with Gasteiger partial charge < -0.3 is 9.47 Å². The fourth-order valence-electron chi connectivity index (χ4n) is 3.22. The number of hydrogen-bond acceptors (Lipinski definition) is 2. The van der Waals surface area contributed by atoms with Crippen LogP contribution >= 0.6 is 11.6 Å². The van der Waals surface area contributed by atoms with Crippen molar-refractivity contribution in [2.24, 2.45) is 0 Å². The van der Waals surface area contributed by atoms with Crippen LogP contribution in [0.5, 0.6) is 11.5 Å². The minimum atomic E-state index is -2.99. The molecule has 0 radical (unpaired) electrons. The summed E-state index contributed by atoms with van der Waals surface area (Å²) < 4.78 is 106. The molecule has 0 aliphatic heterocycles. The molecule has 3 aromatic rings. The summed E-state index contributed by atoms with van der Waals surface area (Å²) in [5.74, 6) is -1.42. The van der Waals surface area contributed by atoms with Gasteiger partial charge in [0.1, 0.15) is 11.6 Å². The van der Waals surface area contributed by atoms with Gasteiger partial charge in [0.05, 0.1) is 10.6 Å². The second-order valence-electron chi connectivity index (χ2n) is 9.68. The van der Waals surface area contributed by atoms with Crippen molar-refractivity contribution in [1.82, 2.24) is 0 Å². The van der Waals surface area contributed by atoms with Crippen LogP contribution in [0, 0.1) is 11.6 Å². The molecule has 0 fully saturated rings. The molecule has 0 spiro atoms. The van der Waals surface area contributed by atoms with Crippen LogP contribution in [0.2, 0.25) is 5.02 Å². The lowest BCUT2D eigenvalue weighted by Crippen LogP contribution is -2.04. The minimum absolute atomic E-state index is 0.0351. The smallest absolute Gasteiger partial charge is 0.387 e. The molecule has 0 saturated heterocycles. The average Bonchev–Trinajstić information content (AvgIpc) is 2.86. The quantitative estimate of drug-likeness (QED) is 0.236. The molecule has 0 aliphatic rings. The van der Waals surface area contributed by atoms with Gasteiger partial charge >= 0.3 is 13.2 Å². The minimum Gasteiger partial charge on any atom is -0.433 e. The van der Waals surface area contributed by atoms with Gasteiger partial charge in [0.2, 0.25) is 0 Å². The Labute approximate surface area is 240 Å². The van der Waals surface area contributed by atoms with E-state index in [0.717, 1.165) is 28.8 Å². The van der Waals surface area contributed by atoms with Gasteiger partial charge in [-0.15, -0.1) is 0 Å². The highest BCUT2D eigenvalue weighted by Gasteiger charge is 2.15. The van der Waals surface area contributed by atoms with Gasteiger partial charge in [0.25, 0.3) is 6.43 Å². The molecular formula is C30H33ClF8O2. The summed E-state index contributed by atoms with van der Waals surface area (Å²) in [4.78, 5) is 0. The summed E-state index contributed by atoms with van der Waals surface area (Å²) in [6, 6.07) is 12.7. The zero-order valence-corrected chi connectivity index (χ0v) is 24.1. The van der Waals surface area contributed by atoms with Crippen LogP contribution < -0.4 is 9.47 Å². The number of benzene rings is 3. The maximum Gasteiger partial charge on any atom is 0.387 e. The zero-order chi connectivity index (χ0) is 31.4.